The predicted octanol–water partition coefficient (Wildman–Crippen LogP) is 5.57. The van der Waals surface area contributed by atoms with Crippen LogP contribution in [0.15, 0.2) is 0 Å². The van der Waals surface area contributed by atoms with Gasteiger partial charge in [0.15, 0.2) is 0 Å². The van der Waals surface area contributed by atoms with Crippen LogP contribution in [0, 0.1) is 17.8 Å². The van der Waals surface area contributed by atoms with Crippen LogP contribution in [-0.4, -0.2) is 23.3 Å². The number of hydrogen-bond acceptors (Lipinski definition) is 2. The minimum Gasteiger partial charge on any atom is -0.481 e. The summed E-state index contributed by atoms with van der Waals surface area (Å²) in [6.45, 7) is 0. The Labute approximate surface area is 147 Å². The van der Waals surface area contributed by atoms with E-state index >= 15 is 0 Å². The van der Waals surface area contributed by atoms with Crippen LogP contribution in [0.3, 0.4) is 0 Å². The smallest absolute Gasteiger partial charge is 0.303 e. The standard InChI is InChI=1S/C21H36O3/c22-21(23)12-8-3-1-2-6-10-17-18(20-15-19(17)24-20)11-7-4-5-9-16-13-14-16/h16-20H,1-15H2,(H,22,23)/t17-,18-,19?,20?/m1/s1. The van der Waals surface area contributed by atoms with E-state index in [0.29, 0.717) is 18.6 Å². The zero-order valence-electron chi connectivity index (χ0n) is 15.3. The van der Waals surface area contributed by atoms with Crippen LogP contribution in [0.25, 0.3) is 0 Å². The summed E-state index contributed by atoms with van der Waals surface area (Å²) in [7, 11) is 0. The highest BCUT2D eigenvalue weighted by Gasteiger charge is 2.52. The van der Waals surface area contributed by atoms with E-state index < -0.39 is 5.97 Å². The van der Waals surface area contributed by atoms with Crippen molar-refractivity contribution in [2.24, 2.45) is 17.8 Å². The van der Waals surface area contributed by atoms with E-state index in [9.17, 15) is 4.79 Å². The van der Waals surface area contributed by atoms with Gasteiger partial charge in [-0.1, -0.05) is 64.2 Å². The molecule has 0 aromatic heterocycles. The Hall–Kier alpha value is -0.570. The normalized spacial score (nSPS) is 31.2. The van der Waals surface area contributed by atoms with Crippen molar-refractivity contribution in [2.45, 2.75) is 109 Å². The second kappa shape index (κ2) is 9.22. The van der Waals surface area contributed by atoms with Crippen molar-refractivity contribution in [3.63, 3.8) is 0 Å². The number of hydrogen-bond donors (Lipinski definition) is 1. The van der Waals surface area contributed by atoms with Gasteiger partial charge in [0.05, 0.1) is 12.2 Å². The van der Waals surface area contributed by atoms with E-state index in [1.807, 2.05) is 0 Å². The Morgan fingerprint density at radius 3 is 1.88 bits per heavy atom. The van der Waals surface area contributed by atoms with Gasteiger partial charge in [0.25, 0.3) is 0 Å². The van der Waals surface area contributed by atoms with Crippen LogP contribution >= 0.6 is 0 Å². The Morgan fingerprint density at radius 1 is 0.792 bits per heavy atom. The van der Waals surface area contributed by atoms with Crippen LogP contribution in [0.1, 0.15) is 96.3 Å². The quantitative estimate of drug-likeness (QED) is 0.422. The highest BCUT2D eigenvalue weighted by molar-refractivity contribution is 5.66. The molecule has 3 heteroatoms. The summed E-state index contributed by atoms with van der Waals surface area (Å²) in [4.78, 5) is 10.5. The van der Waals surface area contributed by atoms with Crippen LogP contribution in [-0.2, 0) is 9.53 Å². The Kier molecular flexibility index (Phi) is 7.00. The van der Waals surface area contributed by atoms with Crippen LogP contribution < -0.4 is 0 Å². The van der Waals surface area contributed by atoms with E-state index in [2.05, 4.69) is 0 Å². The summed E-state index contributed by atoms with van der Waals surface area (Å²) < 4.78 is 6.04. The molecule has 4 rings (SSSR count). The molecule has 0 aromatic rings. The minimum atomic E-state index is -0.655. The highest BCUT2D eigenvalue weighted by atomic mass is 16.5. The fourth-order valence-corrected chi connectivity index (χ4v) is 4.93. The van der Waals surface area contributed by atoms with Crippen molar-refractivity contribution >= 4 is 5.97 Å². The second-order valence-electron chi connectivity index (χ2n) is 8.56. The summed E-state index contributed by atoms with van der Waals surface area (Å²) in [6, 6.07) is 0. The van der Waals surface area contributed by atoms with Gasteiger partial charge in [-0.2, -0.15) is 0 Å². The van der Waals surface area contributed by atoms with Crippen molar-refractivity contribution < 1.29 is 14.6 Å². The third kappa shape index (κ3) is 5.47. The number of ether oxygens (including phenoxy) is 1. The summed E-state index contributed by atoms with van der Waals surface area (Å²) in [5.74, 6) is 2.12. The average Bonchev–Trinajstić information content (AvgIpc) is 3.19. The lowest BCUT2D eigenvalue weighted by Gasteiger charge is -2.26. The molecule has 2 aliphatic carbocycles. The molecule has 138 valence electrons. The minimum absolute atomic E-state index is 0.336. The Morgan fingerprint density at radius 2 is 1.29 bits per heavy atom. The van der Waals surface area contributed by atoms with Gasteiger partial charge in [-0.25, -0.2) is 0 Å². The maximum Gasteiger partial charge on any atom is 0.303 e. The largest absolute Gasteiger partial charge is 0.481 e. The summed E-state index contributed by atoms with van der Waals surface area (Å²) in [6.07, 6.45) is 20.0. The van der Waals surface area contributed by atoms with Gasteiger partial charge in [0.1, 0.15) is 0 Å². The fourth-order valence-electron chi connectivity index (χ4n) is 4.93. The lowest BCUT2D eigenvalue weighted by atomic mass is 9.86. The Bertz CT molecular complexity index is 385. The molecular formula is C21H36O3. The molecular weight excluding hydrogens is 300 g/mol. The predicted molar refractivity (Wildman–Crippen MR) is 96.0 cm³/mol. The van der Waals surface area contributed by atoms with Gasteiger partial charge in [0, 0.05) is 12.8 Å². The third-order valence-electron chi connectivity index (χ3n) is 6.59. The van der Waals surface area contributed by atoms with Crippen molar-refractivity contribution in [1.29, 1.82) is 0 Å². The fraction of sp³-hybridized carbons (Fsp3) is 0.952. The Balaban J connectivity index is 1.22. The molecule has 2 aliphatic heterocycles. The molecule has 4 atom stereocenters. The summed E-state index contributed by atoms with van der Waals surface area (Å²) in [5, 5.41) is 8.64. The molecule has 0 aromatic carbocycles. The molecule has 0 spiro atoms. The molecule has 2 saturated carbocycles. The maximum atomic E-state index is 10.5. The first kappa shape index (κ1) is 18.2. The molecule has 2 unspecified atom stereocenters. The average molecular weight is 337 g/mol. The second-order valence-corrected chi connectivity index (χ2v) is 8.56. The van der Waals surface area contributed by atoms with Crippen LogP contribution in [0.5, 0.6) is 0 Å². The topological polar surface area (TPSA) is 46.5 Å². The molecule has 2 saturated heterocycles. The molecule has 1 N–H and O–H groups in total. The molecule has 4 aliphatic rings. The van der Waals surface area contributed by atoms with Gasteiger partial charge in [0.2, 0.25) is 0 Å². The number of carboxylic acid groups (broad SMARTS) is 1. The molecule has 4 fully saturated rings. The number of rotatable bonds is 14. The van der Waals surface area contributed by atoms with Gasteiger partial charge in [-0.3, -0.25) is 4.79 Å². The van der Waals surface area contributed by atoms with E-state index in [4.69, 9.17) is 9.84 Å². The van der Waals surface area contributed by atoms with E-state index in [1.54, 1.807) is 0 Å². The zero-order chi connectivity index (χ0) is 16.8. The lowest BCUT2D eigenvalue weighted by Crippen LogP contribution is -2.29. The summed E-state index contributed by atoms with van der Waals surface area (Å²) in [5.41, 5.74) is 0. The SMILES string of the molecule is O=C(O)CCCCCCC[C@H]1C2CC(O2)[C@@H]1CCCCCC1CC1. The number of aliphatic carboxylic acids is 1. The molecule has 3 nitrogen and oxygen atoms in total. The van der Waals surface area contributed by atoms with Crippen molar-refractivity contribution in [1.82, 2.24) is 0 Å². The third-order valence-corrected chi connectivity index (χ3v) is 6.59. The van der Waals surface area contributed by atoms with Crippen LogP contribution in [0.2, 0.25) is 0 Å². The first-order valence-electron chi connectivity index (χ1n) is 10.6. The highest BCUT2D eigenvalue weighted by Crippen LogP contribution is 2.50. The number of carboxylic acids is 1. The number of unbranched alkanes of at least 4 members (excludes halogenated alkanes) is 6. The van der Waals surface area contributed by atoms with E-state index in [0.717, 1.165) is 30.6 Å². The first-order valence-corrected chi connectivity index (χ1v) is 10.6. The van der Waals surface area contributed by atoms with Crippen molar-refractivity contribution in [3.05, 3.63) is 0 Å². The summed E-state index contributed by atoms with van der Waals surface area (Å²) >= 11 is 0. The van der Waals surface area contributed by atoms with Crippen molar-refractivity contribution in [3.8, 4) is 0 Å². The van der Waals surface area contributed by atoms with Crippen LogP contribution in [0.4, 0.5) is 0 Å². The molecule has 0 radical (unpaired) electrons. The van der Waals surface area contributed by atoms with Gasteiger partial charge in [-0.05, 0) is 37.0 Å². The van der Waals surface area contributed by atoms with Gasteiger partial charge in [-0.15, -0.1) is 0 Å². The maximum absolute atomic E-state index is 10.5. The number of carbonyl (C=O) groups is 1. The zero-order valence-corrected chi connectivity index (χ0v) is 15.3. The van der Waals surface area contributed by atoms with E-state index in [-0.39, 0.29) is 0 Å². The monoisotopic (exact) mass is 336 g/mol. The molecule has 24 heavy (non-hydrogen) atoms. The molecule has 2 bridgehead atoms. The molecule has 0 amide bonds. The van der Waals surface area contributed by atoms with Gasteiger partial charge >= 0.3 is 5.97 Å². The van der Waals surface area contributed by atoms with Gasteiger partial charge < -0.3 is 9.84 Å². The lowest BCUT2D eigenvalue weighted by molar-refractivity contribution is -0.137. The number of fused-ring (bicyclic) bond motifs is 1. The molecule has 2 heterocycles. The van der Waals surface area contributed by atoms with E-state index in [1.165, 1.54) is 77.0 Å². The first-order chi connectivity index (χ1) is 11.7. The van der Waals surface area contributed by atoms with Crippen molar-refractivity contribution in [2.75, 3.05) is 0 Å².